The standard InChI is InChI=1S/C25H27N3O3/c1-27(2)17-18-28(25(30)20-9-5-3-6-10-20)19-24(29)26-21-13-15-23(16-14-21)31-22-11-7-4-8-12-22/h3-16H,17-19H2,1-2H3,(H,26,29). The van der Waals surface area contributed by atoms with E-state index >= 15 is 0 Å². The van der Waals surface area contributed by atoms with Crippen LogP contribution in [0.4, 0.5) is 5.69 Å². The van der Waals surface area contributed by atoms with Gasteiger partial charge < -0.3 is 19.9 Å². The van der Waals surface area contributed by atoms with Crippen LogP contribution < -0.4 is 10.1 Å². The third kappa shape index (κ3) is 6.97. The van der Waals surface area contributed by atoms with Crippen LogP contribution in [0.15, 0.2) is 84.9 Å². The van der Waals surface area contributed by atoms with Crippen molar-refractivity contribution in [2.24, 2.45) is 0 Å². The first kappa shape index (κ1) is 22.1. The number of anilines is 1. The Morgan fingerprint density at radius 1 is 0.774 bits per heavy atom. The zero-order chi connectivity index (χ0) is 22.1. The zero-order valence-electron chi connectivity index (χ0n) is 17.8. The molecule has 0 unspecified atom stereocenters. The number of amides is 2. The third-order valence-electron chi connectivity index (χ3n) is 4.58. The maximum atomic E-state index is 12.9. The molecule has 1 N–H and O–H groups in total. The second kappa shape index (κ2) is 10.9. The molecule has 160 valence electrons. The summed E-state index contributed by atoms with van der Waals surface area (Å²) in [4.78, 5) is 29.1. The van der Waals surface area contributed by atoms with E-state index in [2.05, 4.69) is 5.32 Å². The van der Waals surface area contributed by atoms with Gasteiger partial charge >= 0.3 is 0 Å². The SMILES string of the molecule is CN(C)CCN(CC(=O)Nc1ccc(Oc2ccccc2)cc1)C(=O)c1ccccc1. The Bertz CT molecular complexity index is 974. The molecule has 0 aliphatic rings. The van der Waals surface area contributed by atoms with Crippen molar-refractivity contribution in [3.05, 3.63) is 90.5 Å². The fourth-order valence-electron chi connectivity index (χ4n) is 2.94. The lowest BCUT2D eigenvalue weighted by Crippen LogP contribution is -2.41. The summed E-state index contributed by atoms with van der Waals surface area (Å²) in [6, 6.07) is 25.6. The van der Waals surface area contributed by atoms with Crippen molar-refractivity contribution < 1.29 is 14.3 Å². The maximum absolute atomic E-state index is 12.9. The van der Waals surface area contributed by atoms with Gasteiger partial charge in [-0.3, -0.25) is 9.59 Å². The van der Waals surface area contributed by atoms with Gasteiger partial charge in [0, 0.05) is 24.3 Å². The molecule has 3 aromatic carbocycles. The number of likely N-dealkylation sites (N-methyl/N-ethyl adjacent to an activating group) is 1. The van der Waals surface area contributed by atoms with Crippen LogP contribution in [0.1, 0.15) is 10.4 Å². The third-order valence-corrected chi connectivity index (χ3v) is 4.58. The van der Waals surface area contributed by atoms with Gasteiger partial charge in [-0.2, -0.15) is 0 Å². The first-order valence-electron chi connectivity index (χ1n) is 10.1. The Labute approximate surface area is 183 Å². The number of ether oxygens (including phenoxy) is 1. The molecule has 0 aliphatic heterocycles. The Kier molecular flexibility index (Phi) is 7.79. The van der Waals surface area contributed by atoms with Crippen molar-refractivity contribution in [1.82, 2.24) is 9.80 Å². The van der Waals surface area contributed by atoms with Crippen LogP contribution >= 0.6 is 0 Å². The summed E-state index contributed by atoms with van der Waals surface area (Å²) >= 11 is 0. The van der Waals surface area contributed by atoms with E-state index in [9.17, 15) is 9.59 Å². The number of carbonyl (C=O) groups excluding carboxylic acids is 2. The highest BCUT2D eigenvalue weighted by Gasteiger charge is 2.19. The highest BCUT2D eigenvalue weighted by molar-refractivity contribution is 5.99. The molecular weight excluding hydrogens is 390 g/mol. The minimum Gasteiger partial charge on any atom is -0.457 e. The Morgan fingerprint density at radius 2 is 1.35 bits per heavy atom. The topological polar surface area (TPSA) is 61.9 Å². The Hall–Kier alpha value is -3.64. The minimum absolute atomic E-state index is 0.0240. The van der Waals surface area contributed by atoms with Crippen molar-refractivity contribution in [2.45, 2.75) is 0 Å². The molecule has 0 spiro atoms. The molecular formula is C25H27N3O3. The van der Waals surface area contributed by atoms with E-state index < -0.39 is 0 Å². The van der Waals surface area contributed by atoms with Gasteiger partial charge in [0.05, 0.1) is 0 Å². The maximum Gasteiger partial charge on any atom is 0.254 e. The molecule has 0 atom stereocenters. The smallest absolute Gasteiger partial charge is 0.254 e. The number of hydrogen-bond acceptors (Lipinski definition) is 4. The van der Waals surface area contributed by atoms with Gasteiger partial charge in [0.15, 0.2) is 0 Å². The quantitative estimate of drug-likeness (QED) is 0.569. The fraction of sp³-hybridized carbons (Fsp3) is 0.200. The lowest BCUT2D eigenvalue weighted by molar-refractivity contribution is -0.116. The molecule has 0 saturated carbocycles. The summed E-state index contributed by atoms with van der Waals surface area (Å²) in [5.41, 5.74) is 1.21. The predicted octanol–water partition coefficient (Wildman–Crippen LogP) is 4.12. The first-order chi connectivity index (χ1) is 15.0. The van der Waals surface area contributed by atoms with Crippen LogP contribution in [0.3, 0.4) is 0 Å². The highest BCUT2D eigenvalue weighted by Crippen LogP contribution is 2.22. The molecule has 0 aromatic heterocycles. The minimum atomic E-state index is -0.250. The van der Waals surface area contributed by atoms with E-state index in [-0.39, 0.29) is 18.4 Å². The first-order valence-corrected chi connectivity index (χ1v) is 10.1. The lowest BCUT2D eigenvalue weighted by atomic mass is 10.2. The average molecular weight is 418 g/mol. The van der Waals surface area contributed by atoms with Gasteiger partial charge in [0.1, 0.15) is 18.0 Å². The summed E-state index contributed by atoms with van der Waals surface area (Å²) in [6.07, 6.45) is 0. The van der Waals surface area contributed by atoms with Crippen LogP contribution in [0.5, 0.6) is 11.5 Å². The summed E-state index contributed by atoms with van der Waals surface area (Å²) in [5, 5.41) is 2.86. The van der Waals surface area contributed by atoms with Gasteiger partial charge in [-0.1, -0.05) is 36.4 Å². The van der Waals surface area contributed by atoms with Crippen LogP contribution in [0, 0.1) is 0 Å². The summed E-state index contributed by atoms with van der Waals surface area (Å²) in [5.74, 6) is 1.01. The molecule has 0 saturated heterocycles. The van der Waals surface area contributed by atoms with E-state index in [1.165, 1.54) is 0 Å². The van der Waals surface area contributed by atoms with Crippen LogP contribution in [-0.4, -0.2) is 55.3 Å². The monoisotopic (exact) mass is 417 g/mol. The fourth-order valence-corrected chi connectivity index (χ4v) is 2.94. The van der Waals surface area contributed by atoms with Crippen molar-refractivity contribution in [2.75, 3.05) is 39.0 Å². The molecule has 6 nitrogen and oxygen atoms in total. The van der Waals surface area contributed by atoms with E-state index in [1.807, 2.05) is 67.5 Å². The Morgan fingerprint density at radius 3 is 1.97 bits per heavy atom. The molecule has 6 heteroatoms. The molecule has 3 aromatic rings. The molecule has 0 bridgehead atoms. The van der Waals surface area contributed by atoms with Gasteiger partial charge in [0.25, 0.3) is 5.91 Å². The summed E-state index contributed by atoms with van der Waals surface area (Å²) in [7, 11) is 3.87. The molecule has 3 rings (SSSR count). The highest BCUT2D eigenvalue weighted by atomic mass is 16.5. The number of hydrogen-bond donors (Lipinski definition) is 1. The Balaban J connectivity index is 1.61. The lowest BCUT2D eigenvalue weighted by Gasteiger charge is -2.24. The van der Waals surface area contributed by atoms with Crippen LogP contribution in [0.25, 0.3) is 0 Å². The second-order valence-electron chi connectivity index (χ2n) is 7.38. The van der Waals surface area contributed by atoms with E-state index in [0.29, 0.717) is 30.1 Å². The van der Waals surface area contributed by atoms with Gasteiger partial charge in [-0.05, 0) is 62.6 Å². The predicted molar refractivity (Wildman–Crippen MR) is 122 cm³/mol. The van der Waals surface area contributed by atoms with E-state index in [1.54, 1.807) is 41.3 Å². The van der Waals surface area contributed by atoms with Gasteiger partial charge in [0.2, 0.25) is 5.91 Å². The van der Waals surface area contributed by atoms with Crippen LogP contribution in [-0.2, 0) is 4.79 Å². The second-order valence-corrected chi connectivity index (χ2v) is 7.38. The molecule has 0 radical (unpaired) electrons. The normalized spacial score (nSPS) is 10.5. The number of carbonyl (C=O) groups is 2. The zero-order valence-corrected chi connectivity index (χ0v) is 17.8. The van der Waals surface area contributed by atoms with Crippen molar-refractivity contribution in [3.63, 3.8) is 0 Å². The summed E-state index contributed by atoms with van der Waals surface area (Å²) < 4.78 is 5.77. The summed E-state index contributed by atoms with van der Waals surface area (Å²) in [6.45, 7) is 1.10. The number of nitrogens with one attached hydrogen (secondary N) is 1. The molecule has 0 heterocycles. The van der Waals surface area contributed by atoms with Gasteiger partial charge in [-0.25, -0.2) is 0 Å². The largest absolute Gasteiger partial charge is 0.457 e. The molecule has 31 heavy (non-hydrogen) atoms. The van der Waals surface area contributed by atoms with Crippen molar-refractivity contribution in [1.29, 1.82) is 0 Å². The van der Waals surface area contributed by atoms with E-state index in [4.69, 9.17) is 4.74 Å². The number of nitrogens with zero attached hydrogens (tertiary/aromatic N) is 2. The molecule has 0 fully saturated rings. The number of benzene rings is 3. The molecule has 0 aliphatic carbocycles. The number of para-hydroxylation sites is 1. The van der Waals surface area contributed by atoms with Crippen LogP contribution in [0.2, 0.25) is 0 Å². The van der Waals surface area contributed by atoms with Crippen molar-refractivity contribution in [3.8, 4) is 11.5 Å². The van der Waals surface area contributed by atoms with Gasteiger partial charge in [-0.15, -0.1) is 0 Å². The van der Waals surface area contributed by atoms with Crippen molar-refractivity contribution >= 4 is 17.5 Å². The van der Waals surface area contributed by atoms with E-state index in [0.717, 1.165) is 5.75 Å². The number of rotatable bonds is 9. The molecule has 2 amide bonds. The average Bonchev–Trinajstić information content (AvgIpc) is 2.78.